The first-order chi connectivity index (χ1) is 10.6. The van der Waals surface area contributed by atoms with Crippen LogP contribution in [0.3, 0.4) is 0 Å². The Hall–Kier alpha value is -2.18. The molecule has 0 saturated carbocycles. The van der Waals surface area contributed by atoms with Crippen molar-refractivity contribution in [3.63, 3.8) is 0 Å². The summed E-state index contributed by atoms with van der Waals surface area (Å²) in [5, 5.41) is 12.3. The van der Waals surface area contributed by atoms with E-state index in [2.05, 4.69) is 19.9 Å². The van der Waals surface area contributed by atoms with E-state index in [1.165, 1.54) is 0 Å². The third-order valence-electron chi connectivity index (χ3n) is 4.26. The number of carbonyl (C=O) groups is 1. The molecular formula is C15H21N5O2. The number of hydrogen-bond acceptors (Lipinski definition) is 5. The molecule has 7 nitrogen and oxygen atoms in total. The van der Waals surface area contributed by atoms with Crippen LogP contribution in [0.4, 0.5) is 0 Å². The van der Waals surface area contributed by atoms with Crippen LogP contribution in [0, 0.1) is 13.8 Å². The van der Waals surface area contributed by atoms with Gasteiger partial charge in [0.15, 0.2) is 5.82 Å². The number of amides is 1. The summed E-state index contributed by atoms with van der Waals surface area (Å²) >= 11 is 0. The van der Waals surface area contributed by atoms with Crippen LogP contribution in [-0.4, -0.2) is 37.8 Å². The highest BCUT2D eigenvalue weighted by molar-refractivity contribution is 5.76. The Bertz CT molecular complexity index is 669. The Kier molecular flexibility index (Phi) is 3.96. The smallest absolute Gasteiger partial charge is 0.223 e. The second kappa shape index (κ2) is 5.90. The highest BCUT2D eigenvalue weighted by Gasteiger charge is 2.20. The van der Waals surface area contributed by atoms with Crippen LogP contribution >= 0.6 is 0 Å². The number of hydrogen-bond donors (Lipinski definition) is 0. The second-order valence-corrected chi connectivity index (χ2v) is 5.84. The Labute approximate surface area is 129 Å². The Balaban J connectivity index is 1.58. The maximum absolute atomic E-state index is 12.3. The van der Waals surface area contributed by atoms with Gasteiger partial charge in [-0.05, 0) is 26.7 Å². The number of carbonyl (C=O) groups excluding carboxylic acids is 1. The number of aryl methyl sites for hydroxylation is 3. The van der Waals surface area contributed by atoms with E-state index >= 15 is 0 Å². The van der Waals surface area contributed by atoms with E-state index in [4.69, 9.17) is 4.52 Å². The summed E-state index contributed by atoms with van der Waals surface area (Å²) in [5.41, 5.74) is 1.90. The quantitative estimate of drug-likeness (QED) is 0.835. The summed E-state index contributed by atoms with van der Waals surface area (Å²) in [4.78, 5) is 14.0. The Morgan fingerprint density at radius 1 is 1.36 bits per heavy atom. The number of fused-ring (bicyclic) bond motifs is 1. The van der Waals surface area contributed by atoms with E-state index < -0.39 is 0 Å². The van der Waals surface area contributed by atoms with Crippen molar-refractivity contribution in [1.82, 2.24) is 24.8 Å². The van der Waals surface area contributed by atoms with Crippen LogP contribution in [0.2, 0.25) is 0 Å². The molecule has 7 heteroatoms. The van der Waals surface area contributed by atoms with Crippen LogP contribution in [0.1, 0.15) is 41.5 Å². The van der Waals surface area contributed by atoms with Crippen LogP contribution in [0.5, 0.6) is 0 Å². The van der Waals surface area contributed by atoms with Gasteiger partial charge in [-0.3, -0.25) is 4.79 Å². The van der Waals surface area contributed by atoms with E-state index in [1.807, 2.05) is 20.9 Å². The first kappa shape index (κ1) is 14.7. The predicted molar refractivity (Wildman–Crippen MR) is 79.1 cm³/mol. The molecule has 0 unspecified atom stereocenters. The fourth-order valence-corrected chi connectivity index (χ4v) is 2.91. The molecule has 1 aliphatic rings. The van der Waals surface area contributed by atoms with Crippen molar-refractivity contribution < 1.29 is 9.32 Å². The highest BCUT2D eigenvalue weighted by atomic mass is 16.5. The molecule has 1 amide bonds. The molecule has 0 fully saturated rings. The average Bonchev–Trinajstić information content (AvgIpc) is 3.16. The minimum Gasteiger partial charge on any atom is -0.361 e. The van der Waals surface area contributed by atoms with Crippen molar-refractivity contribution in [1.29, 1.82) is 0 Å². The topological polar surface area (TPSA) is 77.1 Å². The van der Waals surface area contributed by atoms with Gasteiger partial charge >= 0.3 is 0 Å². The monoisotopic (exact) mass is 303 g/mol. The van der Waals surface area contributed by atoms with Crippen molar-refractivity contribution in [3.8, 4) is 0 Å². The van der Waals surface area contributed by atoms with E-state index in [0.29, 0.717) is 19.4 Å². The fourth-order valence-electron chi connectivity index (χ4n) is 2.91. The molecule has 118 valence electrons. The van der Waals surface area contributed by atoms with Gasteiger partial charge in [0.2, 0.25) is 5.91 Å². The SMILES string of the molecule is Cc1noc(C)c1CCC(=O)N(C)Cc1nnc2n1CCC2. The molecule has 0 saturated heterocycles. The van der Waals surface area contributed by atoms with Gasteiger partial charge in [0, 0.05) is 32.0 Å². The lowest BCUT2D eigenvalue weighted by molar-refractivity contribution is -0.130. The summed E-state index contributed by atoms with van der Waals surface area (Å²) in [6.07, 6.45) is 3.20. The lowest BCUT2D eigenvalue weighted by Crippen LogP contribution is -2.28. The normalized spacial score (nSPS) is 13.4. The number of nitrogens with zero attached hydrogens (tertiary/aromatic N) is 5. The van der Waals surface area contributed by atoms with Crippen LogP contribution in [0.15, 0.2) is 4.52 Å². The molecule has 0 bridgehead atoms. The van der Waals surface area contributed by atoms with Gasteiger partial charge in [-0.15, -0.1) is 10.2 Å². The Morgan fingerprint density at radius 2 is 2.18 bits per heavy atom. The van der Waals surface area contributed by atoms with Crippen molar-refractivity contribution >= 4 is 5.91 Å². The fraction of sp³-hybridized carbons (Fsp3) is 0.600. The molecule has 22 heavy (non-hydrogen) atoms. The van der Waals surface area contributed by atoms with Gasteiger partial charge < -0.3 is 14.0 Å². The highest BCUT2D eigenvalue weighted by Crippen LogP contribution is 2.17. The van der Waals surface area contributed by atoms with Crippen LogP contribution in [-0.2, 0) is 30.7 Å². The van der Waals surface area contributed by atoms with Crippen molar-refractivity contribution in [3.05, 3.63) is 28.7 Å². The molecule has 3 rings (SSSR count). The van der Waals surface area contributed by atoms with Gasteiger partial charge in [0.25, 0.3) is 0 Å². The first-order valence-electron chi connectivity index (χ1n) is 7.63. The van der Waals surface area contributed by atoms with Gasteiger partial charge in [-0.2, -0.15) is 0 Å². The van der Waals surface area contributed by atoms with E-state index in [-0.39, 0.29) is 5.91 Å². The van der Waals surface area contributed by atoms with E-state index in [9.17, 15) is 4.79 Å². The molecule has 2 aromatic heterocycles. The van der Waals surface area contributed by atoms with Crippen LogP contribution < -0.4 is 0 Å². The summed E-state index contributed by atoms with van der Waals surface area (Å²) in [6.45, 7) is 5.24. The van der Waals surface area contributed by atoms with Gasteiger partial charge in [-0.1, -0.05) is 5.16 Å². The van der Waals surface area contributed by atoms with Gasteiger partial charge in [-0.25, -0.2) is 0 Å². The average molecular weight is 303 g/mol. The van der Waals surface area contributed by atoms with Crippen molar-refractivity contribution in [2.45, 2.75) is 52.6 Å². The minimum atomic E-state index is 0.0929. The molecule has 0 N–H and O–H groups in total. The first-order valence-corrected chi connectivity index (χ1v) is 7.63. The molecule has 0 aromatic carbocycles. The second-order valence-electron chi connectivity index (χ2n) is 5.84. The van der Waals surface area contributed by atoms with Crippen molar-refractivity contribution in [2.75, 3.05) is 7.05 Å². The third kappa shape index (κ3) is 2.75. The molecule has 3 heterocycles. The standard InChI is InChI=1S/C15H21N5O2/c1-10-12(11(2)22-18-10)6-7-15(21)19(3)9-14-17-16-13-5-4-8-20(13)14/h4-9H2,1-3H3. The van der Waals surface area contributed by atoms with Gasteiger partial charge in [0.05, 0.1) is 12.2 Å². The largest absolute Gasteiger partial charge is 0.361 e. The molecule has 0 spiro atoms. The number of rotatable bonds is 5. The maximum Gasteiger partial charge on any atom is 0.223 e. The maximum atomic E-state index is 12.3. The minimum absolute atomic E-state index is 0.0929. The summed E-state index contributed by atoms with van der Waals surface area (Å²) in [6, 6.07) is 0. The summed E-state index contributed by atoms with van der Waals surface area (Å²) in [7, 11) is 1.81. The lowest BCUT2D eigenvalue weighted by atomic mass is 10.1. The summed E-state index contributed by atoms with van der Waals surface area (Å²) in [5.74, 6) is 2.80. The Morgan fingerprint density at radius 3 is 2.91 bits per heavy atom. The molecule has 0 radical (unpaired) electrons. The number of aromatic nitrogens is 4. The zero-order valence-corrected chi connectivity index (χ0v) is 13.3. The van der Waals surface area contributed by atoms with Crippen LogP contribution in [0.25, 0.3) is 0 Å². The molecule has 0 atom stereocenters. The van der Waals surface area contributed by atoms with E-state index in [1.54, 1.807) is 4.90 Å². The molecular weight excluding hydrogens is 282 g/mol. The van der Waals surface area contributed by atoms with Gasteiger partial charge in [0.1, 0.15) is 11.6 Å². The summed E-state index contributed by atoms with van der Waals surface area (Å²) < 4.78 is 7.25. The molecule has 0 aliphatic carbocycles. The lowest BCUT2D eigenvalue weighted by Gasteiger charge is -2.16. The van der Waals surface area contributed by atoms with Crippen molar-refractivity contribution in [2.24, 2.45) is 0 Å². The predicted octanol–water partition coefficient (Wildman–Crippen LogP) is 1.42. The third-order valence-corrected chi connectivity index (χ3v) is 4.26. The van der Waals surface area contributed by atoms with E-state index in [0.717, 1.165) is 48.1 Å². The zero-order chi connectivity index (χ0) is 15.7. The molecule has 2 aromatic rings. The molecule has 1 aliphatic heterocycles. The zero-order valence-electron chi connectivity index (χ0n) is 13.3.